The molecule has 1 aromatic heterocycles. The SMILES string of the molecule is Cc1ccc(Cl)cc1NC(=O)CSc1nnc(-c2ccccc2N)n1C. The van der Waals surface area contributed by atoms with Crippen molar-refractivity contribution in [1.29, 1.82) is 0 Å². The topological polar surface area (TPSA) is 85.8 Å². The third kappa shape index (κ3) is 4.00. The molecule has 0 saturated heterocycles. The van der Waals surface area contributed by atoms with Crippen LogP contribution in [0.3, 0.4) is 0 Å². The van der Waals surface area contributed by atoms with Crippen LogP contribution in [0, 0.1) is 6.92 Å². The molecule has 0 fully saturated rings. The van der Waals surface area contributed by atoms with Gasteiger partial charge in [-0.1, -0.05) is 41.6 Å². The highest BCUT2D eigenvalue weighted by molar-refractivity contribution is 7.99. The van der Waals surface area contributed by atoms with Gasteiger partial charge in [-0.3, -0.25) is 4.79 Å². The number of carbonyl (C=O) groups is 1. The van der Waals surface area contributed by atoms with E-state index in [1.165, 1.54) is 11.8 Å². The number of nitrogens with one attached hydrogen (secondary N) is 1. The maximum atomic E-state index is 12.2. The molecule has 0 saturated carbocycles. The van der Waals surface area contributed by atoms with E-state index in [1.54, 1.807) is 12.1 Å². The summed E-state index contributed by atoms with van der Waals surface area (Å²) in [5.41, 5.74) is 9.11. The summed E-state index contributed by atoms with van der Waals surface area (Å²) in [5, 5.41) is 12.4. The number of halogens is 1. The lowest BCUT2D eigenvalue weighted by atomic mass is 10.2. The molecule has 0 radical (unpaired) electrons. The van der Waals surface area contributed by atoms with E-state index in [0.29, 0.717) is 27.4 Å². The van der Waals surface area contributed by atoms with Gasteiger partial charge in [0.2, 0.25) is 5.91 Å². The molecule has 134 valence electrons. The lowest BCUT2D eigenvalue weighted by molar-refractivity contribution is -0.113. The van der Waals surface area contributed by atoms with Crippen LogP contribution >= 0.6 is 23.4 Å². The minimum absolute atomic E-state index is 0.135. The standard InChI is InChI=1S/C18H18ClN5OS/c1-11-7-8-12(19)9-15(11)21-16(25)10-26-18-23-22-17(24(18)2)13-5-3-4-6-14(13)20/h3-9H,10,20H2,1-2H3,(H,21,25). The summed E-state index contributed by atoms with van der Waals surface area (Å²) in [6.07, 6.45) is 0. The quantitative estimate of drug-likeness (QED) is 0.514. The Morgan fingerprint density at radius 1 is 1.27 bits per heavy atom. The van der Waals surface area contributed by atoms with Crippen LogP contribution in [0.1, 0.15) is 5.56 Å². The van der Waals surface area contributed by atoms with E-state index in [2.05, 4.69) is 15.5 Å². The molecule has 0 spiro atoms. The fourth-order valence-electron chi connectivity index (χ4n) is 2.42. The molecule has 3 N–H and O–H groups in total. The Kier molecular flexibility index (Phi) is 5.49. The molecular weight excluding hydrogens is 370 g/mol. The highest BCUT2D eigenvalue weighted by atomic mass is 35.5. The second-order valence-corrected chi connectivity index (χ2v) is 7.13. The molecule has 0 aliphatic rings. The van der Waals surface area contributed by atoms with Gasteiger partial charge in [0.05, 0.1) is 5.75 Å². The van der Waals surface area contributed by atoms with Crippen LogP contribution in [0.2, 0.25) is 5.02 Å². The van der Waals surface area contributed by atoms with E-state index in [1.807, 2.05) is 48.9 Å². The van der Waals surface area contributed by atoms with Crippen molar-refractivity contribution in [3.8, 4) is 11.4 Å². The fourth-order valence-corrected chi connectivity index (χ4v) is 3.30. The van der Waals surface area contributed by atoms with Gasteiger partial charge in [-0.15, -0.1) is 10.2 Å². The number of hydrogen-bond acceptors (Lipinski definition) is 5. The minimum Gasteiger partial charge on any atom is -0.398 e. The molecule has 3 aromatic rings. The first-order valence-electron chi connectivity index (χ1n) is 7.89. The monoisotopic (exact) mass is 387 g/mol. The number of hydrogen-bond donors (Lipinski definition) is 2. The number of benzene rings is 2. The molecule has 3 rings (SSSR count). The number of nitrogen functional groups attached to an aromatic ring is 1. The van der Waals surface area contributed by atoms with E-state index in [9.17, 15) is 4.79 Å². The molecule has 1 heterocycles. The Labute approximate surface area is 160 Å². The van der Waals surface area contributed by atoms with Gasteiger partial charge in [0.25, 0.3) is 0 Å². The fraction of sp³-hybridized carbons (Fsp3) is 0.167. The third-order valence-corrected chi connectivity index (χ3v) is 5.10. The average Bonchev–Trinajstić information content (AvgIpc) is 2.97. The Hall–Kier alpha value is -2.51. The maximum absolute atomic E-state index is 12.2. The van der Waals surface area contributed by atoms with E-state index < -0.39 is 0 Å². The van der Waals surface area contributed by atoms with Crippen molar-refractivity contribution in [3.05, 3.63) is 53.1 Å². The first-order chi connectivity index (χ1) is 12.5. The van der Waals surface area contributed by atoms with Crippen LogP contribution in [-0.2, 0) is 11.8 Å². The van der Waals surface area contributed by atoms with Crippen molar-refractivity contribution in [2.45, 2.75) is 12.1 Å². The molecule has 26 heavy (non-hydrogen) atoms. The highest BCUT2D eigenvalue weighted by Crippen LogP contribution is 2.27. The molecule has 0 atom stereocenters. The van der Waals surface area contributed by atoms with Gasteiger partial charge in [0, 0.05) is 29.0 Å². The Morgan fingerprint density at radius 3 is 2.81 bits per heavy atom. The number of nitrogens with two attached hydrogens (primary N) is 1. The summed E-state index contributed by atoms with van der Waals surface area (Å²) in [6, 6.07) is 12.9. The van der Waals surface area contributed by atoms with Crippen molar-refractivity contribution in [1.82, 2.24) is 14.8 Å². The number of rotatable bonds is 5. The largest absolute Gasteiger partial charge is 0.398 e. The molecular formula is C18H18ClN5OS. The second-order valence-electron chi connectivity index (χ2n) is 5.75. The summed E-state index contributed by atoms with van der Waals surface area (Å²) < 4.78 is 1.83. The first kappa shape index (κ1) is 18.3. The first-order valence-corrected chi connectivity index (χ1v) is 9.25. The molecule has 0 aliphatic heterocycles. The van der Waals surface area contributed by atoms with Crippen molar-refractivity contribution in [2.75, 3.05) is 16.8 Å². The van der Waals surface area contributed by atoms with Crippen molar-refractivity contribution in [2.24, 2.45) is 7.05 Å². The lowest BCUT2D eigenvalue weighted by Gasteiger charge is -2.09. The van der Waals surface area contributed by atoms with Crippen LogP contribution in [-0.4, -0.2) is 26.4 Å². The molecule has 0 bridgehead atoms. The van der Waals surface area contributed by atoms with E-state index in [0.717, 1.165) is 11.1 Å². The smallest absolute Gasteiger partial charge is 0.234 e. The molecule has 8 heteroatoms. The zero-order valence-corrected chi connectivity index (χ0v) is 15.9. The molecule has 0 unspecified atom stereocenters. The van der Waals surface area contributed by atoms with Gasteiger partial charge < -0.3 is 15.6 Å². The van der Waals surface area contributed by atoms with E-state index in [4.69, 9.17) is 17.3 Å². The zero-order chi connectivity index (χ0) is 18.7. The summed E-state index contributed by atoms with van der Waals surface area (Å²) in [5.74, 6) is 0.739. The Balaban J connectivity index is 1.68. The predicted molar refractivity (Wildman–Crippen MR) is 106 cm³/mol. The number of amides is 1. The molecule has 6 nitrogen and oxygen atoms in total. The summed E-state index contributed by atoms with van der Waals surface area (Å²) >= 11 is 7.29. The molecule has 1 amide bonds. The lowest BCUT2D eigenvalue weighted by Crippen LogP contribution is -2.15. The maximum Gasteiger partial charge on any atom is 0.234 e. The summed E-state index contributed by atoms with van der Waals surface area (Å²) in [4.78, 5) is 12.2. The number of aromatic nitrogens is 3. The number of para-hydroxylation sites is 1. The van der Waals surface area contributed by atoms with Crippen molar-refractivity contribution >= 4 is 40.6 Å². The van der Waals surface area contributed by atoms with E-state index in [-0.39, 0.29) is 11.7 Å². The van der Waals surface area contributed by atoms with Gasteiger partial charge >= 0.3 is 0 Å². The molecule has 2 aromatic carbocycles. The van der Waals surface area contributed by atoms with Gasteiger partial charge in [-0.2, -0.15) is 0 Å². The van der Waals surface area contributed by atoms with Gasteiger partial charge in [0.1, 0.15) is 0 Å². The minimum atomic E-state index is -0.135. The van der Waals surface area contributed by atoms with Gasteiger partial charge in [-0.25, -0.2) is 0 Å². The summed E-state index contributed by atoms with van der Waals surface area (Å²) in [6.45, 7) is 1.91. The number of nitrogens with zero attached hydrogens (tertiary/aromatic N) is 3. The van der Waals surface area contributed by atoms with Crippen molar-refractivity contribution < 1.29 is 4.79 Å². The van der Waals surface area contributed by atoms with Crippen LogP contribution in [0.25, 0.3) is 11.4 Å². The van der Waals surface area contributed by atoms with Gasteiger partial charge in [-0.05, 0) is 36.8 Å². The van der Waals surface area contributed by atoms with Crippen molar-refractivity contribution in [3.63, 3.8) is 0 Å². The third-order valence-electron chi connectivity index (χ3n) is 3.84. The van der Waals surface area contributed by atoms with Crippen LogP contribution in [0.15, 0.2) is 47.6 Å². The summed E-state index contributed by atoms with van der Waals surface area (Å²) in [7, 11) is 1.85. The molecule has 0 aliphatic carbocycles. The Bertz CT molecular complexity index is 957. The predicted octanol–water partition coefficient (Wildman–Crippen LogP) is 3.76. The second kappa shape index (κ2) is 7.80. The highest BCUT2D eigenvalue weighted by Gasteiger charge is 2.15. The van der Waals surface area contributed by atoms with Crippen LogP contribution < -0.4 is 11.1 Å². The van der Waals surface area contributed by atoms with Gasteiger partial charge in [0.15, 0.2) is 11.0 Å². The number of carbonyl (C=O) groups excluding carboxylic acids is 1. The average molecular weight is 388 g/mol. The van der Waals surface area contributed by atoms with E-state index >= 15 is 0 Å². The zero-order valence-electron chi connectivity index (χ0n) is 14.4. The Morgan fingerprint density at radius 2 is 2.04 bits per heavy atom. The normalized spacial score (nSPS) is 10.7. The number of anilines is 2. The number of aryl methyl sites for hydroxylation is 1. The van der Waals surface area contributed by atoms with Crippen LogP contribution in [0.5, 0.6) is 0 Å². The number of thioether (sulfide) groups is 1. The van der Waals surface area contributed by atoms with Crippen LogP contribution in [0.4, 0.5) is 11.4 Å².